The Kier molecular flexibility index (Phi) is 6.73. The molecule has 2 aliphatic heterocycles. The first-order chi connectivity index (χ1) is 19.5. The normalized spacial score (nSPS) is 17.1. The van der Waals surface area contributed by atoms with Crippen molar-refractivity contribution in [2.75, 3.05) is 29.4 Å². The Hall–Kier alpha value is -4.63. The van der Waals surface area contributed by atoms with E-state index in [0.29, 0.717) is 31.6 Å². The summed E-state index contributed by atoms with van der Waals surface area (Å²) in [5.41, 5.74) is 3.23. The van der Waals surface area contributed by atoms with Crippen LogP contribution in [0.2, 0.25) is 0 Å². The van der Waals surface area contributed by atoms with Gasteiger partial charge in [0.25, 0.3) is 11.5 Å². The molecule has 0 bridgehead atoms. The molecule has 4 heterocycles. The van der Waals surface area contributed by atoms with E-state index in [1.165, 1.54) is 22.1 Å². The number of amides is 3. The van der Waals surface area contributed by atoms with Crippen molar-refractivity contribution in [3.63, 3.8) is 0 Å². The molecular formula is C31H30N6O3. The number of pyridine rings is 1. The first-order valence-corrected chi connectivity index (χ1v) is 13.5. The van der Waals surface area contributed by atoms with E-state index in [0.717, 1.165) is 35.3 Å². The van der Waals surface area contributed by atoms with Crippen LogP contribution in [0.15, 0.2) is 90.0 Å². The van der Waals surface area contributed by atoms with Crippen LogP contribution in [0.1, 0.15) is 24.1 Å². The van der Waals surface area contributed by atoms with E-state index in [4.69, 9.17) is 0 Å². The van der Waals surface area contributed by atoms with Crippen molar-refractivity contribution >= 4 is 23.6 Å². The molecule has 2 aromatic carbocycles. The average molecular weight is 535 g/mol. The van der Waals surface area contributed by atoms with Crippen molar-refractivity contribution in [3.8, 4) is 11.1 Å². The molecule has 2 aromatic heterocycles. The minimum Gasteiger partial charge on any atom is -0.303 e. The first-order valence-electron chi connectivity index (χ1n) is 13.5. The van der Waals surface area contributed by atoms with Gasteiger partial charge in [-0.15, -0.1) is 0 Å². The van der Waals surface area contributed by atoms with Crippen LogP contribution in [0.5, 0.6) is 0 Å². The molecule has 3 amide bonds. The standard InChI is InChI=1S/C31H30N6O3/c1-22-6-5-17-32-26(22)14-19-35-20-15-31(16-21-35)28(39)36(30(40)37(31)29-33-18-13-27(38)34-29)25-11-9-24(10-12-25)23-7-3-2-4-8-23/h2-13,17-18H,14-16,19-21H2,1H3,(H,33,34,38). The van der Waals surface area contributed by atoms with Crippen LogP contribution < -0.4 is 15.4 Å². The number of likely N-dealkylation sites (tertiary alicyclic amines) is 1. The number of nitrogens with zero attached hydrogens (tertiary/aromatic N) is 5. The van der Waals surface area contributed by atoms with E-state index in [1.807, 2.05) is 54.7 Å². The van der Waals surface area contributed by atoms with E-state index in [-0.39, 0.29) is 17.4 Å². The highest BCUT2D eigenvalue weighted by Crippen LogP contribution is 2.41. The van der Waals surface area contributed by atoms with Crippen molar-refractivity contribution in [1.29, 1.82) is 0 Å². The molecule has 1 spiro atoms. The number of aromatic amines is 1. The number of carbonyl (C=O) groups excluding carboxylic acids is 2. The van der Waals surface area contributed by atoms with E-state index in [1.54, 1.807) is 12.1 Å². The van der Waals surface area contributed by atoms with Gasteiger partial charge >= 0.3 is 6.03 Å². The maximum absolute atomic E-state index is 14.2. The number of piperidine rings is 1. The number of imide groups is 1. The molecule has 1 N–H and O–H groups in total. The zero-order chi connectivity index (χ0) is 27.7. The van der Waals surface area contributed by atoms with Crippen LogP contribution in [0, 0.1) is 6.92 Å². The molecule has 40 heavy (non-hydrogen) atoms. The Morgan fingerprint density at radius 1 is 0.825 bits per heavy atom. The second-order valence-electron chi connectivity index (χ2n) is 10.3. The SMILES string of the molecule is Cc1cccnc1CCN1CCC2(CC1)C(=O)N(c1ccc(-c3ccccc3)cc1)C(=O)N2c1nccc(=O)[nH]1. The number of H-pyrrole nitrogens is 1. The fourth-order valence-corrected chi connectivity index (χ4v) is 5.73. The molecular weight excluding hydrogens is 504 g/mol. The Balaban J connectivity index is 1.28. The predicted octanol–water partition coefficient (Wildman–Crippen LogP) is 4.19. The number of nitrogens with one attached hydrogen (secondary N) is 1. The number of hydrogen-bond acceptors (Lipinski definition) is 6. The molecule has 4 aromatic rings. The number of rotatable bonds is 6. The fraction of sp³-hybridized carbons (Fsp3) is 0.258. The van der Waals surface area contributed by atoms with E-state index < -0.39 is 11.6 Å². The van der Waals surface area contributed by atoms with Crippen molar-refractivity contribution in [2.45, 2.75) is 31.7 Å². The van der Waals surface area contributed by atoms with Crippen LogP contribution in [-0.4, -0.2) is 57.0 Å². The molecule has 0 saturated carbocycles. The van der Waals surface area contributed by atoms with Gasteiger partial charge in [-0.3, -0.25) is 19.6 Å². The van der Waals surface area contributed by atoms with Gasteiger partial charge in [0.15, 0.2) is 0 Å². The maximum atomic E-state index is 14.2. The summed E-state index contributed by atoms with van der Waals surface area (Å²) in [6.07, 6.45) is 4.83. The van der Waals surface area contributed by atoms with Gasteiger partial charge in [-0.1, -0.05) is 48.5 Å². The minimum atomic E-state index is -1.14. The summed E-state index contributed by atoms with van der Waals surface area (Å²) in [7, 11) is 0. The third-order valence-electron chi connectivity index (χ3n) is 7.98. The Bertz CT molecular complexity index is 1590. The number of carbonyl (C=O) groups is 2. The van der Waals surface area contributed by atoms with Gasteiger partial charge in [0.2, 0.25) is 5.95 Å². The summed E-state index contributed by atoms with van der Waals surface area (Å²) in [6.45, 7) is 4.11. The molecule has 2 aliphatic rings. The quantitative estimate of drug-likeness (QED) is 0.372. The first kappa shape index (κ1) is 25.6. The Labute approximate surface area is 232 Å². The summed E-state index contributed by atoms with van der Waals surface area (Å²) < 4.78 is 0. The lowest BCUT2D eigenvalue weighted by atomic mass is 9.85. The summed E-state index contributed by atoms with van der Waals surface area (Å²) in [5, 5.41) is 0. The lowest BCUT2D eigenvalue weighted by molar-refractivity contribution is -0.123. The molecule has 0 radical (unpaired) electrons. The second-order valence-corrected chi connectivity index (χ2v) is 10.3. The van der Waals surface area contributed by atoms with Gasteiger partial charge in [0.05, 0.1) is 5.69 Å². The lowest BCUT2D eigenvalue weighted by Gasteiger charge is -2.41. The molecule has 0 unspecified atom stereocenters. The van der Waals surface area contributed by atoms with E-state index >= 15 is 0 Å². The molecule has 6 rings (SSSR count). The maximum Gasteiger partial charge on any atom is 0.339 e. The van der Waals surface area contributed by atoms with Crippen molar-refractivity contribution in [1.82, 2.24) is 19.9 Å². The fourth-order valence-electron chi connectivity index (χ4n) is 5.73. The molecule has 9 heteroatoms. The Morgan fingerprint density at radius 3 is 2.25 bits per heavy atom. The van der Waals surface area contributed by atoms with Gasteiger partial charge in [0, 0.05) is 50.2 Å². The summed E-state index contributed by atoms with van der Waals surface area (Å²) >= 11 is 0. The third-order valence-corrected chi connectivity index (χ3v) is 7.98. The van der Waals surface area contributed by atoms with Crippen molar-refractivity contribution in [2.24, 2.45) is 0 Å². The van der Waals surface area contributed by atoms with Gasteiger partial charge in [-0.25, -0.2) is 19.6 Å². The number of aryl methyl sites for hydroxylation is 1. The average Bonchev–Trinajstić information content (AvgIpc) is 3.19. The third kappa shape index (κ3) is 4.58. The molecule has 9 nitrogen and oxygen atoms in total. The lowest BCUT2D eigenvalue weighted by Crippen LogP contribution is -2.57. The monoisotopic (exact) mass is 534 g/mol. The van der Waals surface area contributed by atoms with Crippen molar-refractivity contribution < 1.29 is 9.59 Å². The summed E-state index contributed by atoms with van der Waals surface area (Å²) in [5.74, 6) is -0.205. The molecule has 2 fully saturated rings. The van der Waals surface area contributed by atoms with Gasteiger partial charge < -0.3 is 4.90 Å². The van der Waals surface area contributed by atoms with Crippen LogP contribution in [-0.2, 0) is 11.2 Å². The number of anilines is 2. The zero-order valence-electron chi connectivity index (χ0n) is 22.3. The molecule has 2 saturated heterocycles. The number of aromatic nitrogens is 3. The van der Waals surface area contributed by atoms with Crippen LogP contribution in [0.4, 0.5) is 16.4 Å². The molecule has 0 atom stereocenters. The highest BCUT2D eigenvalue weighted by atomic mass is 16.2. The number of benzene rings is 2. The number of hydrogen-bond donors (Lipinski definition) is 1. The summed E-state index contributed by atoms with van der Waals surface area (Å²) in [6, 6.07) is 22.1. The topological polar surface area (TPSA) is 102 Å². The Morgan fingerprint density at radius 2 is 1.55 bits per heavy atom. The molecule has 0 aliphatic carbocycles. The summed E-state index contributed by atoms with van der Waals surface area (Å²) in [4.78, 5) is 56.7. The zero-order valence-corrected chi connectivity index (χ0v) is 22.3. The van der Waals surface area contributed by atoms with E-state index in [2.05, 4.69) is 32.8 Å². The van der Waals surface area contributed by atoms with E-state index in [9.17, 15) is 14.4 Å². The van der Waals surface area contributed by atoms with Crippen molar-refractivity contribution in [3.05, 3.63) is 107 Å². The van der Waals surface area contributed by atoms with Gasteiger partial charge in [-0.2, -0.15) is 0 Å². The highest BCUT2D eigenvalue weighted by Gasteiger charge is 2.60. The highest BCUT2D eigenvalue weighted by molar-refractivity contribution is 6.30. The smallest absolute Gasteiger partial charge is 0.303 e. The second kappa shape index (κ2) is 10.5. The predicted molar refractivity (Wildman–Crippen MR) is 153 cm³/mol. The minimum absolute atomic E-state index is 0.0896. The number of urea groups is 1. The van der Waals surface area contributed by atoms with Gasteiger partial charge in [0.1, 0.15) is 5.54 Å². The molecule has 202 valence electrons. The largest absolute Gasteiger partial charge is 0.339 e. The van der Waals surface area contributed by atoms with Gasteiger partial charge in [-0.05, 0) is 54.7 Å². The van der Waals surface area contributed by atoms with Crippen LogP contribution in [0.3, 0.4) is 0 Å². The van der Waals surface area contributed by atoms with Crippen LogP contribution in [0.25, 0.3) is 11.1 Å². The van der Waals surface area contributed by atoms with Crippen LogP contribution >= 0.6 is 0 Å².